The summed E-state index contributed by atoms with van der Waals surface area (Å²) in [6, 6.07) is 0. The van der Waals surface area contributed by atoms with E-state index in [1.807, 2.05) is 0 Å². The summed E-state index contributed by atoms with van der Waals surface area (Å²) in [7, 11) is 0. The molecule has 0 aromatic carbocycles. The van der Waals surface area contributed by atoms with Crippen LogP contribution in [-0.2, 0) is 0 Å². The fourth-order valence-electron chi connectivity index (χ4n) is 2.04. The summed E-state index contributed by atoms with van der Waals surface area (Å²) in [6.45, 7) is 18.5. The monoisotopic (exact) mass is 196 g/mol. The predicted octanol–water partition coefficient (Wildman–Crippen LogP) is 4.91. The highest BCUT2D eigenvalue weighted by atomic mass is 14.3. The van der Waals surface area contributed by atoms with Crippen LogP contribution in [0.3, 0.4) is 0 Å². The zero-order valence-electron chi connectivity index (χ0n) is 11.3. The summed E-state index contributed by atoms with van der Waals surface area (Å²) in [6.07, 6.45) is 0. The van der Waals surface area contributed by atoms with Crippen LogP contribution in [-0.4, -0.2) is 0 Å². The largest absolute Gasteiger partial charge is 0.0767 e. The summed E-state index contributed by atoms with van der Waals surface area (Å²) in [5.41, 5.74) is 3.20. The van der Waals surface area contributed by atoms with Gasteiger partial charge in [-0.15, -0.1) is 0 Å². The van der Waals surface area contributed by atoms with Crippen molar-refractivity contribution in [2.45, 2.75) is 55.4 Å². The molecule has 0 saturated heterocycles. The first kappa shape index (κ1) is 13.7. The molecule has 0 aromatic rings. The molecule has 0 fully saturated rings. The molecule has 2 unspecified atom stereocenters. The van der Waals surface area contributed by atoms with Crippen molar-refractivity contribution in [1.82, 2.24) is 0 Å². The molecule has 0 spiro atoms. The second-order valence-electron chi connectivity index (χ2n) is 5.52. The minimum atomic E-state index is 0.720. The van der Waals surface area contributed by atoms with Crippen molar-refractivity contribution in [3.63, 3.8) is 0 Å². The zero-order chi connectivity index (χ0) is 11.5. The van der Waals surface area contributed by atoms with Gasteiger partial charge in [-0.1, -0.05) is 52.7 Å². The lowest BCUT2D eigenvalue weighted by Crippen LogP contribution is -2.18. The molecular formula is C14H28. The highest BCUT2D eigenvalue weighted by molar-refractivity contribution is 5.16. The van der Waals surface area contributed by atoms with Crippen molar-refractivity contribution in [2.75, 3.05) is 0 Å². The van der Waals surface area contributed by atoms with Crippen molar-refractivity contribution in [3.05, 3.63) is 11.1 Å². The van der Waals surface area contributed by atoms with Gasteiger partial charge in [-0.05, 0) is 37.5 Å². The Hall–Kier alpha value is -0.260. The van der Waals surface area contributed by atoms with Crippen LogP contribution in [0.25, 0.3) is 0 Å². The molecule has 0 rings (SSSR count). The Balaban J connectivity index is 4.90. The number of rotatable bonds is 4. The summed E-state index contributed by atoms with van der Waals surface area (Å²) in [4.78, 5) is 0. The lowest BCUT2D eigenvalue weighted by Gasteiger charge is -2.29. The first-order chi connectivity index (χ1) is 6.29. The van der Waals surface area contributed by atoms with Crippen molar-refractivity contribution < 1.29 is 0 Å². The van der Waals surface area contributed by atoms with E-state index in [0.29, 0.717) is 0 Å². The van der Waals surface area contributed by atoms with Gasteiger partial charge in [0.05, 0.1) is 0 Å². The van der Waals surface area contributed by atoms with E-state index in [0.717, 1.165) is 23.7 Å². The van der Waals surface area contributed by atoms with Gasteiger partial charge in [-0.25, -0.2) is 0 Å². The Morgan fingerprint density at radius 1 is 0.643 bits per heavy atom. The van der Waals surface area contributed by atoms with Crippen LogP contribution in [0.1, 0.15) is 55.4 Å². The van der Waals surface area contributed by atoms with E-state index in [1.54, 1.807) is 5.57 Å². The molecule has 0 nitrogen and oxygen atoms in total. The third kappa shape index (κ3) is 3.48. The Morgan fingerprint density at radius 3 is 1.07 bits per heavy atom. The van der Waals surface area contributed by atoms with Crippen LogP contribution in [0, 0.1) is 23.7 Å². The first-order valence-electron chi connectivity index (χ1n) is 5.96. The summed E-state index contributed by atoms with van der Waals surface area (Å²) in [5, 5.41) is 0. The molecule has 0 N–H and O–H groups in total. The fourth-order valence-corrected chi connectivity index (χ4v) is 2.04. The van der Waals surface area contributed by atoms with E-state index in [4.69, 9.17) is 0 Å². The van der Waals surface area contributed by atoms with Crippen molar-refractivity contribution in [1.29, 1.82) is 0 Å². The Morgan fingerprint density at radius 2 is 0.929 bits per heavy atom. The number of hydrogen-bond acceptors (Lipinski definition) is 0. The van der Waals surface area contributed by atoms with Crippen LogP contribution < -0.4 is 0 Å². The normalized spacial score (nSPS) is 15.9. The zero-order valence-corrected chi connectivity index (χ0v) is 11.3. The molecule has 0 aromatic heterocycles. The average Bonchev–Trinajstić information content (AvgIpc) is 2.03. The van der Waals surface area contributed by atoms with Crippen LogP contribution in [0.2, 0.25) is 0 Å². The van der Waals surface area contributed by atoms with E-state index in [-0.39, 0.29) is 0 Å². The van der Waals surface area contributed by atoms with E-state index in [2.05, 4.69) is 55.4 Å². The molecule has 0 bridgehead atoms. The molecular weight excluding hydrogens is 168 g/mol. The lowest BCUT2D eigenvalue weighted by molar-refractivity contribution is 0.379. The summed E-state index contributed by atoms with van der Waals surface area (Å²) < 4.78 is 0. The molecule has 0 heterocycles. The Labute approximate surface area is 90.8 Å². The van der Waals surface area contributed by atoms with Crippen LogP contribution in [0.4, 0.5) is 0 Å². The van der Waals surface area contributed by atoms with Crippen molar-refractivity contribution >= 4 is 0 Å². The van der Waals surface area contributed by atoms with Gasteiger partial charge in [0.25, 0.3) is 0 Å². The van der Waals surface area contributed by atoms with Gasteiger partial charge in [0, 0.05) is 0 Å². The van der Waals surface area contributed by atoms with Gasteiger partial charge in [0.2, 0.25) is 0 Å². The first-order valence-corrected chi connectivity index (χ1v) is 5.96. The van der Waals surface area contributed by atoms with Gasteiger partial charge >= 0.3 is 0 Å². The third-order valence-electron chi connectivity index (χ3n) is 3.56. The molecule has 2 atom stereocenters. The smallest absolute Gasteiger partial charge is 0.0203 e. The molecule has 0 radical (unpaired) electrons. The van der Waals surface area contributed by atoms with Crippen molar-refractivity contribution in [3.8, 4) is 0 Å². The molecule has 0 amide bonds. The van der Waals surface area contributed by atoms with Gasteiger partial charge in [-0.3, -0.25) is 0 Å². The van der Waals surface area contributed by atoms with Crippen molar-refractivity contribution in [2.24, 2.45) is 23.7 Å². The van der Waals surface area contributed by atoms with Gasteiger partial charge in [0.15, 0.2) is 0 Å². The highest BCUT2D eigenvalue weighted by Crippen LogP contribution is 2.32. The maximum absolute atomic E-state index is 2.37. The fraction of sp³-hybridized carbons (Fsp3) is 0.857. The minimum absolute atomic E-state index is 0.720. The topological polar surface area (TPSA) is 0 Å². The van der Waals surface area contributed by atoms with Gasteiger partial charge in [-0.2, -0.15) is 0 Å². The Bertz CT molecular complexity index is 176. The second kappa shape index (κ2) is 5.58. The molecule has 0 aliphatic carbocycles. The molecule has 0 saturated carbocycles. The number of allylic oxidation sites excluding steroid dienone is 2. The van der Waals surface area contributed by atoms with Crippen LogP contribution in [0.5, 0.6) is 0 Å². The maximum atomic E-state index is 2.37. The average molecular weight is 196 g/mol. The van der Waals surface area contributed by atoms with Crippen LogP contribution in [0.15, 0.2) is 11.1 Å². The molecule has 0 heteroatoms. The number of hydrogen-bond donors (Lipinski definition) is 0. The second-order valence-corrected chi connectivity index (χ2v) is 5.52. The molecule has 0 aliphatic rings. The minimum Gasteiger partial charge on any atom is -0.0767 e. The Kier molecular flexibility index (Phi) is 5.48. The van der Waals surface area contributed by atoms with Crippen LogP contribution >= 0.6 is 0 Å². The van der Waals surface area contributed by atoms with Gasteiger partial charge in [0.1, 0.15) is 0 Å². The molecule has 14 heavy (non-hydrogen) atoms. The summed E-state index contributed by atoms with van der Waals surface area (Å²) in [5.74, 6) is 2.94. The third-order valence-corrected chi connectivity index (χ3v) is 3.56. The molecule has 84 valence electrons. The summed E-state index contributed by atoms with van der Waals surface area (Å²) >= 11 is 0. The highest BCUT2D eigenvalue weighted by Gasteiger charge is 2.21. The standard InChI is InChI=1S/C14H28/c1-9(2)12(7)14(11(5)6)13(8)10(3)4/h9-10,12-13H,1-8H3. The SMILES string of the molecule is CC(C)=C(C(C)C(C)C)C(C)C(C)C. The quantitative estimate of drug-likeness (QED) is 0.561. The lowest BCUT2D eigenvalue weighted by atomic mass is 9.77. The van der Waals surface area contributed by atoms with E-state index < -0.39 is 0 Å². The van der Waals surface area contributed by atoms with E-state index in [1.165, 1.54) is 5.57 Å². The van der Waals surface area contributed by atoms with E-state index >= 15 is 0 Å². The maximum Gasteiger partial charge on any atom is -0.0203 e. The molecule has 0 aliphatic heterocycles. The predicted molar refractivity (Wildman–Crippen MR) is 66.4 cm³/mol. The van der Waals surface area contributed by atoms with Gasteiger partial charge < -0.3 is 0 Å². The van der Waals surface area contributed by atoms with E-state index in [9.17, 15) is 0 Å².